The van der Waals surface area contributed by atoms with E-state index >= 15 is 0 Å². The average molecular weight is 915 g/mol. The van der Waals surface area contributed by atoms with Crippen molar-refractivity contribution >= 4 is 43.1 Å². The van der Waals surface area contributed by atoms with Crippen LogP contribution in [0.1, 0.15) is 0 Å². The number of aliphatic hydroxyl groups excluding tert-OH is 2. The van der Waals surface area contributed by atoms with Gasteiger partial charge in [0.05, 0.1) is 13.2 Å². The Morgan fingerprint density at radius 3 is 0.812 bits per heavy atom. The van der Waals surface area contributed by atoms with E-state index in [0.717, 1.165) is 65.3 Å². The number of rotatable bonds is 20. The molecule has 344 valence electrons. The molecule has 0 saturated carbocycles. The zero-order valence-corrected chi connectivity index (χ0v) is 37.9. The molecule has 0 aromatic heterocycles. The van der Waals surface area contributed by atoms with Gasteiger partial charge in [0.1, 0.15) is 85.6 Å². The van der Waals surface area contributed by atoms with E-state index in [9.17, 15) is 10.2 Å². The van der Waals surface area contributed by atoms with Crippen molar-refractivity contribution in [3.8, 4) is 68.2 Å². The molecule has 9 heteroatoms. The van der Waals surface area contributed by atoms with Crippen LogP contribution in [0, 0.1) is 0 Å². The number of aliphatic hydroxyl groups is 2. The SMILES string of the molecule is OCCOc1ccc2ccccc2c1-c1c(OCCOc2ccc(Oc3ccc(OCCOc4ccc5ccccc5c4-c4c(OCCO)ccc5ccccc45)cc3)cc2)ccc2ccccc12. The van der Waals surface area contributed by atoms with Gasteiger partial charge in [-0.15, -0.1) is 0 Å². The lowest BCUT2D eigenvalue weighted by Crippen LogP contribution is -2.10. The average Bonchev–Trinajstić information content (AvgIpc) is 3.40. The van der Waals surface area contributed by atoms with Crippen LogP contribution in [0.25, 0.3) is 65.3 Å². The highest BCUT2D eigenvalue weighted by Gasteiger charge is 2.21. The summed E-state index contributed by atoms with van der Waals surface area (Å²) < 4.78 is 43.5. The predicted molar refractivity (Wildman–Crippen MR) is 274 cm³/mol. The fourth-order valence-electron chi connectivity index (χ4n) is 8.80. The Balaban J connectivity index is 0.755. The normalized spacial score (nSPS) is 11.2. The van der Waals surface area contributed by atoms with E-state index in [0.29, 0.717) is 72.4 Å². The molecule has 2 N–H and O–H groups in total. The summed E-state index contributed by atoms with van der Waals surface area (Å²) >= 11 is 0. The summed E-state index contributed by atoms with van der Waals surface area (Å²) in [4.78, 5) is 0. The van der Waals surface area contributed by atoms with Gasteiger partial charge in [-0.05, 0) is 116 Å². The lowest BCUT2D eigenvalue weighted by Gasteiger charge is -2.19. The van der Waals surface area contributed by atoms with Crippen molar-refractivity contribution in [1.82, 2.24) is 0 Å². The summed E-state index contributed by atoms with van der Waals surface area (Å²) in [6.07, 6.45) is 0. The minimum atomic E-state index is -0.0905. The molecule has 69 heavy (non-hydrogen) atoms. The summed E-state index contributed by atoms with van der Waals surface area (Å²) in [5.41, 5.74) is 3.70. The van der Waals surface area contributed by atoms with E-state index in [2.05, 4.69) is 60.7 Å². The summed E-state index contributed by atoms with van der Waals surface area (Å²) in [5.74, 6) is 5.49. The summed E-state index contributed by atoms with van der Waals surface area (Å²) in [6.45, 7) is 1.42. The van der Waals surface area contributed by atoms with Crippen LogP contribution in [0.15, 0.2) is 194 Å². The van der Waals surface area contributed by atoms with Gasteiger partial charge in [0.25, 0.3) is 0 Å². The minimum absolute atomic E-state index is 0.0905. The highest BCUT2D eigenvalue weighted by Crippen LogP contribution is 2.47. The second kappa shape index (κ2) is 21.2. The Bertz CT molecular complexity index is 3130. The third kappa shape index (κ3) is 9.92. The Labute approximate surface area is 400 Å². The van der Waals surface area contributed by atoms with Crippen molar-refractivity contribution in [1.29, 1.82) is 0 Å². The second-order valence-electron chi connectivity index (χ2n) is 16.2. The summed E-state index contributed by atoms with van der Waals surface area (Å²) in [5, 5.41) is 27.7. The van der Waals surface area contributed by atoms with Crippen molar-refractivity contribution in [2.24, 2.45) is 0 Å². The first-order valence-corrected chi connectivity index (χ1v) is 23.1. The molecule has 0 radical (unpaired) electrons. The van der Waals surface area contributed by atoms with Gasteiger partial charge in [-0.2, -0.15) is 0 Å². The van der Waals surface area contributed by atoms with Gasteiger partial charge < -0.3 is 43.4 Å². The molecule has 0 heterocycles. The van der Waals surface area contributed by atoms with Crippen molar-refractivity contribution in [2.75, 3.05) is 52.9 Å². The van der Waals surface area contributed by atoms with E-state index in [4.69, 9.17) is 33.2 Å². The van der Waals surface area contributed by atoms with Crippen LogP contribution in [0.2, 0.25) is 0 Å². The smallest absolute Gasteiger partial charge is 0.128 e. The van der Waals surface area contributed by atoms with Crippen molar-refractivity contribution < 1.29 is 43.4 Å². The molecule has 10 rings (SSSR count). The van der Waals surface area contributed by atoms with Gasteiger partial charge in [-0.25, -0.2) is 0 Å². The fraction of sp³-hybridized carbons (Fsp3) is 0.133. The van der Waals surface area contributed by atoms with Crippen molar-refractivity contribution in [3.05, 3.63) is 194 Å². The van der Waals surface area contributed by atoms with E-state index in [-0.39, 0.29) is 26.4 Å². The number of hydrogen-bond acceptors (Lipinski definition) is 9. The quantitative estimate of drug-likeness (QED) is 0.0723. The van der Waals surface area contributed by atoms with Gasteiger partial charge in [0.15, 0.2) is 0 Å². The van der Waals surface area contributed by atoms with Gasteiger partial charge in [-0.1, -0.05) is 121 Å². The van der Waals surface area contributed by atoms with Crippen molar-refractivity contribution in [2.45, 2.75) is 0 Å². The van der Waals surface area contributed by atoms with E-state index in [1.807, 2.05) is 133 Å². The van der Waals surface area contributed by atoms with Gasteiger partial charge >= 0.3 is 0 Å². The van der Waals surface area contributed by atoms with Crippen LogP contribution in [0.5, 0.6) is 46.0 Å². The van der Waals surface area contributed by atoms with Crippen LogP contribution in [0.3, 0.4) is 0 Å². The first-order valence-electron chi connectivity index (χ1n) is 23.1. The van der Waals surface area contributed by atoms with Crippen LogP contribution < -0.4 is 33.2 Å². The molecule has 0 saturated heterocycles. The first-order chi connectivity index (χ1) is 34.1. The molecule has 0 aliphatic rings. The maximum atomic E-state index is 9.61. The lowest BCUT2D eigenvalue weighted by molar-refractivity contribution is 0.202. The largest absolute Gasteiger partial charge is 0.491 e. The van der Waals surface area contributed by atoms with E-state index < -0.39 is 0 Å². The molecule has 0 atom stereocenters. The standard InChI is InChI=1S/C60H50O9/c61-33-35-65-53-29-17-41-9-1-5-13-49(41)57(53)59-51-15-7-3-11-43(51)19-31-55(59)67-39-37-63-45-21-25-47(26-22-45)69-48-27-23-46(24-28-48)64-38-40-68-56-32-20-44-12-4-8-16-52(44)60(56)58-50-14-6-2-10-42(50)18-30-54(58)66-36-34-62/h1-32,61-62H,33-40H2. The highest BCUT2D eigenvalue weighted by molar-refractivity contribution is 6.11. The van der Waals surface area contributed by atoms with Crippen LogP contribution in [0.4, 0.5) is 0 Å². The molecular formula is C60H50O9. The Hall–Kier alpha value is -8.24. The second-order valence-corrected chi connectivity index (χ2v) is 16.2. The maximum Gasteiger partial charge on any atom is 0.128 e. The Morgan fingerprint density at radius 2 is 0.507 bits per heavy atom. The molecular weight excluding hydrogens is 865 g/mol. The molecule has 0 unspecified atom stereocenters. The van der Waals surface area contributed by atoms with Crippen LogP contribution in [-0.4, -0.2) is 63.1 Å². The minimum Gasteiger partial charge on any atom is -0.491 e. The number of ether oxygens (including phenoxy) is 7. The molecule has 0 amide bonds. The molecule has 10 aromatic rings. The zero-order chi connectivity index (χ0) is 46.8. The van der Waals surface area contributed by atoms with Crippen molar-refractivity contribution in [3.63, 3.8) is 0 Å². The fourth-order valence-corrected chi connectivity index (χ4v) is 8.80. The topological polar surface area (TPSA) is 105 Å². The number of fused-ring (bicyclic) bond motifs is 4. The molecule has 0 aliphatic heterocycles. The molecule has 10 aromatic carbocycles. The number of hydrogen-bond donors (Lipinski definition) is 2. The first kappa shape index (κ1) is 44.6. The number of benzene rings is 10. The molecule has 0 spiro atoms. The predicted octanol–water partition coefficient (Wildman–Crippen LogP) is 13.1. The van der Waals surface area contributed by atoms with Crippen LogP contribution in [-0.2, 0) is 0 Å². The van der Waals surface area contributed by atoms with E-state index in [1.165, 1.54) is 0 Å². The molecule has 0 bridgehead atoms. The highest BCUT2D eigenvalue weighted by atomic mass is 16.5. The monoisotopic (exact) mass is 914 g/mol. The summed E-state index contributed by atoms with van der Waals surface area (Å²) in [6, 6.07) is 64.0. The van der Waals surface area contributed by atoms with Crippen LogP contribution >= 0.6 is 0 Å². The molecule has 9 nitrogen and oxygen atoms in total. The summed E-state index contributed by atoms with van der Waals surface area (Å²) in [7, 11) is 0. The third-order valence-electron chi connectivity index (χ3n) is 11.9. The Kier molecular flexibility index (Phi) is 13.7. The van der Waals surface area contributed by atoms with Gasteiger partial charge in [-0.3, -0.25) is 0 Å². The van der Waals surface area contributed by atoms with E-state index in [1.54, 1.807) is 0 Å². The van der Waals surface area contributed by atoms with Gasteiger partial charge in [0.2, 0.25) is 0 Å². The zero-order valence-electron chi connectivity index (χ0n) is 37.9. The molecule has 0 aliphatic carbocycles. The maximum absolute atomic E-state index is 9.61. The Morgan fingerprint density at radius 1 is 0.246 bits per heavy atom. The van der Waals surface area contributed by atoms with Gasteiger partial charge in [0, 0.05) is 22.3 Å². The third-order valence-corrected chi connectivity index (χ3v) is 11.9. The molecule has 0 fully saturated rings. The lowest BCUT2D eigenvalue weighted by atomic mass is 9.92.